The molecule has 0 fully saturated rings. The van der Waals surface area contributed by atoms with Crippen LogP contribution in [0.2, 0.25) is 0 Å². The van der Waals surface area contributed by atoms with Crippen LogP contribution >= 0.6 is 0 Å². The molecule has 0 radical (unpaired) electrons. The molecule has 3 unspecified atom stereocenters. The van der Waals surface area contributed by atoms with E-state index < -0.39 is 0 Å². The van der Waals surface area contributed by atoms with Crippen molar-refractivity contribution in [3.63, 3.8) is 0 Å². The number of nitrogens with one attached hydrogen (secondary N) is 1. The van der Waals surface area contributed by atoms with Crippen molar-refractivity contribution in [3.05, 3.63) is 214 Å². The SMILES string of the molecule is C/C=C\c1[nH]c2c(c1/C=C(\C)n1c(C)c(C/C=C\CC)c3ccccc31)C=C(c1cccc3c1N(c1cc(-c4ccccc4)cc(C4/C=C\C/C=C\CC4)c1)C1C=CC=CC31)CC=C2. The molecule has 3 heteroatoms. The molecule has 0 amide bonds. The van der Waals surface area contributed by atoms with Crippen molar-refractivity contribution in [3.8, 4) is 11.1 Å². The maximum atomic E-state index is 3.84. The molecule has 3 nitrogen and oxygen atoms in total. The van der Waals surface area contributed by atoms with Gasteiger partial charge in [0, 0.05) is 62.4 Å². The van der Waals surface area contributed by atoms with Crippen LogP contribution in [0.4, 0.5) is 11.4 Å². The molecule has 3 atom stereocenters. The second-order valence-electron chi connectivity index (χ2n) is 17.7. The zero-order valence-corrected chi connectivity index (χ0v) is 37.8. The van der Waals surface area contributed by atoms with Crippen molar-refractivity contribution in [2.75, 3.05) is 4.90 Å². The third-order valence-corrected chi connectivity index (χ3v) is 13.7. The molecule has 1 aliphatic heterocycles. The fraction of sp³-hybridized carbons (Fsp3) is 0.213. The average molecular weight is 834 g/mol. The quantitative estimate of drug-likeness (QED) is 0.137. The Balaban J connectivity index is 1.13. The van der Waals surface area contributed by atoms with E-state index in [9.17, 15) is 0 Å². The zero-order valence-electron chi connectivity index (χ0n) is 37.8. The molecule has 0 spiro atoms. The van der Waals surface area contributed by atoms with Crippen LogP contribution < -0.4 is 4.90 Å². The van der Waals surface area contributed by atoms with Crippen molar-refractivity contribution in [2.24, 2.45) is 0 Å². The summed E-state index contributed by atoms with van der Waals surface area (Å²) in [7, 11) is 0. The first-order chi connectivity index (χ1) is 31.5. The van der Waals surface area contributed by atoms with E-state index in [0.717, 1.165) is 49.9 Å². The predicted octanol–water partition coefficient (Wildman–Crippen LogP) is 16.6. The van der Waals surface area contributed by atoms with Gasteiger partial charge in [0.25, 0.3) is 0 Å². The van der Waals surface area contributed by atoms with Gasteiger partial charge in [0.2, 0.25) is 0 Å². The molecule has 0 bridgehead atoms. The number of hydrogen-bond donors (Lipinski definition) is 1. The summed E-state index contributed by atoms with van der Waals surface area (Å²) < 4.78 is 2.46. The number of para-hydroxylation sites is 2. The Morgan fingerprint density at radius 1 is 0.844 bits per heavy atom. The van der Waals surface area contributed by atoms with Crippen molar-refractivity contribution in [2.45, 2.75) is 84.1 Å². The normalized spacial score (nSPS) is 20.3. The molecular weight excluding hydrogens is 775 g/mol. The van der Waals surface area contributed by atoms with E-state index in [2.05, 4.69) is 230 Å². The summed E-state index contributed by atoms with van der Waals surface area (Å²) >= 11 is 0. The second-order valence-corrected chi connectivity index (χ2v) is 17.7. The van der Waals surface area contributed by atoms with Crippen molar-refractivity contribution in [1.29, 1.82) is 0 Å². The zero-order chi connectivity index (χ0) is 43.6. The lowest BCUT2D eigenvalue weighted by Crippen LogP contribution is -2.29. The van der Waals surface area contributed by atoms with Crippen molar-refractivity contribution >= 4 is 57.9 Å². The van der Waals surface area contributed by atoms with Crippen molar-refractivity contribution in [1.82, 2.24) is 9.55 Å². The number of allylic oxidation sites excluding steroid dienone is 12. The monoisotopic (exact) mass is 833 g/mol. The van der Waals surface area contributed by atoms with E-state index in [1.807, 2.05) is 0 Å². The highest BCUT2D eigenvalue weighted by atomic mass is 15.2. The Kier molecular flexibility index (Phi) is 11.6. The Bertz CT molecular complexity index is 3000. The summed E-state index contributed by atoms with van der Waals surface area (Å²) in [6, 6.07) is 34.4. The average Bonchev–Trinajstić information content (AvgIpc) is 3.85. The summed E-state index contributed by atoms with van der Waals surface area (Å²) in [5.74, 6) is 0.604. The minimum atomic E-state index is 0.171. The molecule has 0 saturated carbocycles. The summed E-state index contributed by atoms with van der Waals surface area (Å²) in [5.41, 5.74) is 20.3. The second kappa shape index (κ2) is 18.1. The third-order valence-electron chi connectivity index (χ3n) is 13.7. The summed E-state index contributed by atoms with van der Waals surface area (Å²) in [6.45, 7) is 8.86. The van der Waals surface area contributed by atoms with Crippen LogP contribution in [0, 0.1) is 6.92 Å². The maximum absolute atomic E-state index is 3.84. The van der Waals surface area contributed by atoms with Gasteiger partial charge in [-0.3, -0.25) is 0 Å². The summed E-state index contributed by atoms with van der Waals surface area (Å²) in [6.07, 6.45) is 43.3. The molecular formula is C61H59N3. The molecule has 318 valence electrons. The first-order valence-electron chi connectivity index (χ1n) is 23.5. The molecule has 1 N–H and O–H groups in total. The van der Waals surface area contributed by atoms with Gasteiger partial charge in [-0.25, -0.2) is 0 Å². The minimum Gasteiger partial charge on any atom is -0.355 e. The summed E-state index contributed by atoms with van der Waals surface area (Å²) in [4.78, 5) is 6.51. The van der Waals surface area contributed by atoms with Gasteiger partial charge in [-0.2, -0.15) is 0 Å². The molecule has 3 heterocycles. The van der Waals surface area contributed by atoms with Gasteiger partial charge in [0.1, 0.15) is 0 Å². The van der Waals surface area contributed by atoms with Crippen LogP contribution in [-0.4, -0.2) is 15.6 Å². The lowest BCUT2D eigenvalue weighted by Gasteiger charge is -2.31. The highest BCUT2D eigenvalue weighted by Crippen LogP contribution is 2.52. The fourth-order valence-corrected chi connectivity index (χ4v) is 10.7. The number of aromatic amines is 1. The van der Waals surface area contributed by atoms with Gasteiger partial charge in [-0.1, -0.05) is 153 Å². The van der Waals surface area contributed by atoms with E-state index in [1.165, 1.54) is 83.7 Å². The highest BCUT2D eigenvalue weighted by molar-refractivity contribution is 5.98. The number of fused-ring (bicyclic) bond motifs is 5. The number of H-pyrrole nitrogens is 1. The lowest BCUT2D eigenvalue weighted by atomic mass is 9.89. The largest absolute Gasteiger partial charge is 0.355 e. The van der Waals surface area contributed by atoms with Crippen LogP contribution in [0.1, 0.15) is 115 Å². The predicted molar refractivity (Wildman–Crippen MR) is 277 cm³/mol. The van der Waals surface area contributed by atoms with E-state index in [1.54, 1.807) is 0 Å². The smallest absolute Gasteiger partial charge is 0.0629 e. The first kappa shape index (κ1) is 41.2. The highest BCUT2D eigenvalue weighted by Gasteiger charge is 2.39. The third kappa shape index (κ3) is 7.68. The van der Waals surface area contributed by atoms with E-state index in [-0.39, 0.29) is 12.0 Å². The molecule has 4 aromatic carbocycles. The number of aromatic nitrogens is 2. The fourth-order valence-electron chi connectivity index (χ4n) is 10.7. The van der Waals surface area contributed by atoms with Crippen molar-refractivity contribution < 1.29 is 0 Å². The molecule has 4 aliphatic rings. The van der Waals surface area contributed by atoms with E-state index in [0.29, 0.717) is 5.92 Å². The number of anilines is 2. The number of rotatable bonds is 10. The molecule has 3 aliphatic carbocycles. The number of nitrogens with zero attached hydrogens (tertiary/aromatic N) is 2. The standard InChI is InChI=1S/C61H59N3/c1-5-7-12-29-50-43(4)63(59-35-19-17-30-52(50)59)42(3)37-55-56-41-46(28-21-34-58(56)62-57(55)23-6-2)51-32-22-33-54-53-31-18-20-36-60(53)64(61(51)54)49-39-47(44-24-13-9-8-10-14-25-44)38-48(40-49)45-26-15-11-16-27-45/h6-9,11-12,14-23,25-27,30-41,44,53,60,62H,5,10,13,24,28-29H2,1-4H3/b9-8-,12-7-,23-6-,25-14-,42-37+. The van der Waals surface area contributed by atoms with Gasteiger partial charge in [0.05, 0.1) is 17.2 Å². The molecule has 64 heavy (non-hydrogen) atoms. The topological polar surface area (TPSA) is 24.0 Å². The van der Waals surface area contributed by atoms with Crippen LogP contribution in [-0.2, 0) is 6.42 Å². The Morgan fingerprint density at radius 2 is 1.70 bits per heavy atom. The summed E-state index contributed by atoms with van der Waals surface area (Å²) in [5, 5.41) is 1.33. The van der Waals surface area contributed by atoms with Crippen LogP contribution in [0.5, 0.6) is 0 Å². The van der Waals surface area contributed by atoms with Gasteiger partial charge in [0.15, 0.2) is 0 Å². The lowest BCUT2D eigenvalue weighted by molar-refractivity contribution is 0.734. The molecule has 6 aromatic rings. The minimum absolute atomic E-state index is 0.171. The van der Waals surface area contributed by atoms with E-state index >= 15 is 0 Å². The van der Waals surface area contributed by atoms with Crippen LogP contribution in [0.15, 0.2) is 164 Å². The van der Waals surface area contributed by atoms with Gasteiger partial charge >= 0.3 is 0 Å². The molecule has 2 aromatic heterocycles. The first-order valence-corrected chi connectivity index (χ1v) is 23.5. The Labute approximate surface area is 380 Å². The van der Waals surface area contributed by atoms with Crippen LogP contribution in [0.25, 0.3) is 57.6 Å². The van der Waals surface area contributed by atoms with Gasteiger partial charge in [-0.05, 0) is 135 Å². The number of benzene rings is 4. The number of hydrogen-bond acceptors (Lipinski definition) is 1. The molecule has 0 saturated heterocycles. The van der Waals surface area contributed by atoms with Gasteiger partial charge < -0.3 is 14.5 Å². The van der Waals surface area contributed by atoms with Gasteiger partial charge in [-0.15, -0.1) is 0 Å². The Hall–Kier alpha value is -6.84. The van der Waals surface area contributed by atoms with Crippen LogP contribution in [0.3, 0.4) is 0 Å². The molecule has 10 rings (SSSR count). The van der Waals surface area contributed by atoms with E-state index in [4.69, 9.17) is 0 Å². The Morgan fingerprint density at radius 3 is 2.58 bits per heavy atom. The maximum Gasteiger partial charge on any atom is 0.0629 e.